The van der Waals surface area contributed by atoms with Gasteiger partial charge >= 0.3 is 5.97 Å². The van der Waals surface area contributed by atoms with Crippen LogP contribution in [0.3, 0.4) is 0 Å². The number of thioether (sulfide) groups is 1. The number of hydrogen-bond acceptors (Lipinski definition) is 5. The van der Waals surface area contributed by atoms with Crippen molar-refractivity contribution in [1.82, 2.24) is 5.43 Å². The van der Waals surface area contributed by atoms with Gasteiger partial charge in [0, 0.05) is 17.9 Å². The van der Waals surface area contributed by atoms with Crippen molar-refractivity contribution in [2.24, 2.45) is 11.0 Å². The second-order valence-corrected chi connectivity index (χ2v) is 5.76. The minimum Gasteiger partial charge on any atom is -0.465 e. The number of hydrazone groups is 1. The highest BCUT2D eigenvalue weighted by Gasteiger charge is 2.29. The van der Waals surface area contributed by atoms with Gasteiger partial charge in [0.15, 0.2) is 0 Å². The number of amides is 1. The predicted molar refractivity (Wildman–Crippen MR) is 82.9 cm³/mol. The standard InChI is InChI=1S/C15H18N2O3S/c1-11(13-7-8-20-15(13)19)16-17-14(18)10-21-9-12-5-3-2-4-6-12/h2-6,13H,7-10H2,1H3,(H,17,18)/b16-11-/t13-/m0/s1. The van der Waals surface area contributed by atoms with E-state index >= 15 is 0 Å². The summed E-state index contributed by atoms with van der Waals surface area (Å²) in [4.78, 5) is 23.0. The third kappa shape index (κ3) is 4.90. The van der Waals surface area contributed by atoms with E-state index in [0.29, 0.717) is 24.5 Å². The van der Waals surface area contributed by atoms with E-state index in [-0.39, 0.29) is 17.8 Å². The molecule has 0 spiro atoms. The number of hydrogen-bond donors (Lipinski definition) is 1. The average molecular weight is 306 g/mol. The number of rotatable bonds is 6. The lowest BCUT2D eigenvalue weighted by atomic mass is 10.0. The van der Waals surface area contributed by atoms with Gasteiger partial charge in [0.2, 0.25) is 5.91 Å². The van der Waals surface area contributed by atoms with Crippen LogP contribution in [0.1, 0.15) is 18.9 Å². The van der Waals surface area contributed by atoms with Gasteiger partial charge in [-0.3, -0.25) is 9.59 Å². The molecule has 1 atom stereocenters. The summed E-state index contributed by atoms with van der Waals surface area (Å²) in [6.45, 7) is 2.16. The van der Waals surface area contributed by atoms with Crippen LogP contribution in [0.25, 0.3) is 0 Å². The van der Waals surface area contributed by atoms with E-state index < -0.39 is 0 Å². The second kappa shape index (κ2) is 7.83. The molecule has 1 aromatic carbocycles. The number of carbonyl (C=O) groups excluding carboxylic acids is 2. The van der Waals surface area contributed by atoms with E-state index in [4.69, 9.17) is 4.74 Å². The van der Waals surface area contributed by atoms with Gasteiger partial charge in [-0.15, -0.1) is 11.8 Å². The average Bonchev–Trinajstić information content (AvgIpc) is 2.92. The van der Waals surface area contributed by atoms with E-state index in [9.17, 15) is 9.59 Å². The fourth-order valence-corrected chi connectivity index (χ4v) is 2.75. The van der Waals surface area contributed by atoms with Crippen molar-refractivity contribution in [2.75, 3.05) is 12.4 Å². The topological polar surface area (TPSA) is 67.8 Å². The van der Waals surface area contributed by atoms with Crippen LogP contribution >= 0.6 is 11.8 Å². The Bertz CT molecular complexity index is 531. The molecule has 0 bridgehead atoms. The fourth-order valence-electron chi connectivity index (χ4n) is 1.97. The molecule has 0 unspecified atom stereocenters. The van der Waals surface area contributed by atoms with Crippen LogP contribution in [0.15, 0.2) is 35.4 Å². The van der Waals surface area contributed by atoms with Gasteiger partial charge in [0.1, 0.15) is 0 Å². The molecule has 1 amide bonds. The Morgan fingerprint density at radius 1 is 1.43 bits per heavy atom. The summed E-state index contributed by atoms with van der Waals surface area (Å²) < 4.78 is 4.87. The molecule has 1 aliphatic heterocycles. The molecule has 0 saturated carbocycles. The number of esters is 1. The van der Waals surface area contributed by atoms with E-state index in [1.165, 1.54) is 17.3 Å². The molecule has 6 heteroatoms. The lowest BCUT2D eigenvalue weighted by Crippen LogP contribution is -2.25. The number of nitrogens with one attached hydrogen (secondary N) is 1. The Morgan fingerprint density at radius 3 is 2.86 bits per heavy atom. The van der Waals surface area contributed by atoms with E-state index in [2.05, 4.69) is 10.5 Å². The van der Waals surface area contributed by atoms with Crippen LogP contribution in [-0.2, 0) is 20.1 Å². The molecule has 1 N–H and O–H groups in total. The van der Waals surface area contributed by atoms with E-state index in [0.717, 1.165) is 5.75 Å². The molecule has 0 radical (unpaired) electrons. The van der Waals surface area contributed by atoms with Gasteiger partial charge in [-0.1, -0.05) is 30.3 Å². The Hall–Kier alpha value is -1.82. The fraction of sp³-hybridized carbons (Fsp3) is 0.400. The van der Waals surface area contributed by atoms with Gasteiger partial charge in [0.25, 0.3) is 0 Å². The Kier molecular flexibility index (Phi) is 5.80. The summed E-state index contributed by atoms with van der Waals surface area (Å²) in [6, 6.07) is 9.97. The molecular formula is C15H18N2O3S. The predicted octanol–water partition coefficient (Wildman–Crippen LogP) is 1.98. The highest BCUT2D eigenvalue weighted by molar-refractivity contribution is 7.99. The zero-order valence-corrected chi connectivity index (χ0v) is 12.7. The lowest BCUT2D eigenvalue weighted by Gasteiger charge is -2.05. The second-order valence-electron chi connectivity index (χ2n) is 4.78. The number of benzene rings is 1. The van der Waals surface area contributed by atoms with Gasteiger partial charge < -0.3 is 4.74 Å². The van der Waals surface area contributed by atoms with Crippen molar-refractivity contribution in [2.45, 2.75) is 19.1 Å². The van der Waals surface area contributed by atoms with Crippen LogP contribution in [0.5, 0.6) is 0 Å². The maximum absolute atomic E-state index is 11.7. The molecule has 1 aliphatic rings. The Labute approximate surface area is 128 Å². The van der Waals surface area contributed by atoms with Crippen molar-refractivity contribution in [3.63, 3.8) is 0 Å². The first-order valence-electron chi connectivity index (χ1n) is 6.78. The first-order valence-corrected chi connectivity index (χ1v) is 7.93. The molecule has 1 aromatic rings. The molecule has 2 rings (SSSR count). The van der Waals surface area contributed by atoms with Gasteiger partial charge in [-0.05, 0) is 12.5 Å². The quantitative estimate of drug-likeness (QED) is 0.496. The van der Waals surface area contributed by atoms with Crippen LogP contribution in [0.2, 0.25) is 0 Å². The summed E-state index contributed by atoms with van der Waals surface area (Å²) in [7, 11) is 0. The maximum Gasteiger partial charge on any atom is 0.314 e. The molecule has 112 valence electrons. The van der Waals surface area contributed by atoms with Crippen LogP contribution in [0.4, 0.5) is 0 Å². The van der Waals surface area contributed by atoms with Crippen LogP contribution in [-0.4, -0.2) is 29.9 Å². The zero-order valence-electron chi connectivity index (χ0n) is 11.9. The minimum absolute atomic E-state index is 0.165. The monoisotopic (exact) mass is 306 g/mol. The largest absolute Gasteiger partial charge is 0.465 e. The zero-order chi connectivity index (χ0) is 15.1. The van der Waals surface area contributed by atoms with Gasteiger partial charge in [-0.25, -0.2) is 5.43 Å². The van der Waals surface area contributed by atoms with Crippen molar-refractivity contribution >= 4 is 29.4 Å². The van der Waals surface area contributed by atoms with Crippen molar-refractivity contribution < 1.29 is 14.3 Å². The summed E-state index contributed by atoms with van der Waals surface area (Å²) in [5, 5.41) is 3.99. The van der Waals surface area contributed by atoms with Crippen molar-refractivity contribution in [3.05, 3.63) is 35.9 Å². The van der Waals surface area contributed by atoms with E-state index in [1.807, 2.05) is 30.3 Å². The molecule has 1 heterocycles. The minimum atomic E-state index is -0.317. The van der Waals surface area contributed by atoms with Crippen LogP contribution in [0, 0.1) is 5.92 Å². The first-order chi connectivity index (χ1) is 10.2. The molecule has 0 aliphatic carbocycles. The van der Waals surface area contributed by atoms with Gasteiger partial charge in [0.05, 0.1) is 18.3 Å². The summed E-state index contributed by atoms with van der Waals surface area (Å²) in [5.74, 6) is 0.375. The molecule has 21 heavy (non-hydrogen) atoms. The molecule has 1 saturated heterocycles. The molecule has 5 nitrogen and oxygen atoms in total. The van der Waals surface area contributed by atoms with Crippen molar-refractivity contribution in [3.8, 4) is 0 Å². The summed E-state index contributed by atoms with van der Waals surface area (Å²) in [5.41, 5.74) is 4.27. The normalized spacial score (nSPS) is 18.4. The third-order valence-electron chi connectivity index (χ3n) is 3.14. The third-order valence-corrected chi connectivity index (χ3v) is 4.15. The highest BCUT2D eigenvalue weighted by Crippen LogP contribution is 2.16. The Morgan fingerprint density at radius 2 is 2.19 bits per heavy atom. The first kappa shape index (κ1) is 15.6. The number of carbonyl (C=O) groups is 2. The van der Waals surface area contributed by atoms with E-state index in [1.54, 1.807) is 6.92 Å². The molecular weight excluding hydrogens is 288 g/mol. The number of cyclic esters (lactones) is 1. The summed E-state index contributed by atoms with van der Waals surface area (Å²) in [6.07, 6.45) is 0.632. The number of nitrogens with zero attached hydrogens (tertiary/aromatic N) is 1. The van der Waals surface area contributed by atoms with Gasteiger partial charge in [-0.2, -0.15) is 5.10 Å². The maximum atomic E-state index is 11.7. The van der Waals surface area contributed by atoms with Crippen molar-refractivity contribution in [1.29, 1.82) is 0 Å². The van der Waals surface area contributed by atoms with Crippen LogP contribution < -0.4 is 5.43 Å². The lowest BCUT2D eigenvalue weighted by molar-refractivity contribution is -0.139. The molecule has 1 fully saturated rings. The highest BCUT2D eigenvalue weighted by atomic mass is 32.2. The number of ether oxygens (including phenoxy) is 1. The Balaban J connectivity index is 1.71. The summed E-state index contributed by atoms with van der Waals surface area (Å²) >= 11 is 1.53. The molecule has 0 aromatic heterocycles. The smallest absolute Gasteiger partial charge is 0.314 e. The SMILES string of the molecule is C/C(=N/NC(=O)CSCc1ccccc1)[C@@H]1CCOC1=O.